The van der Waals surface area contributed by atoms with Crippen LogP contribution < -0.4 is 11.1 Å². The van der Waals surface area contributed by atoms with E-state index in [4.69, 9.17) is 33.7 Å². The molecule has 1 amide bonds. The molecule has 2 aromatic carbocycles. The molecule has 3 N–H and O–H groups in total. The fourth-order valence-electron chi connectivity index (χ4n) is 1.93. The minimum atomic E-state index is -0.969. The third-order valence-electron chi connectivity index (χ3n) is 3.31. The molecule has 2 rings (SSSR count). The molecular weight excluding hydrogens is 351 g/mol. The second-order valence-electron chi connectivity index (χ2n) is 5.09. The number of hydrogen-bond donors (Lipinski definition) is 2. The smallest absolute Gasteiger partial charge is 0.341 e. The molecule has 0 aromatic heterocycles. The molecule has 0 fully saturated rings. The van der Waals surface area contributed by atoms with E-state index >= 15 is 0 Å². The van der Waals surface area contributed by atoms with Crippen molar-refractivity contribution in [3.8, 4) is 0 Å². The van der Waals surface area contributed by atoms with Crippen LogP contribution in [0.4, 0.5) is 5.69 Å². The molecule has 0 aliphatic rings. The van der Waals surface area contributed by atoms with Gasteiger partial charge in [0, 0.05) is 11.6 Å². The molecule has 1 atom stereocenters. The number of rotatable bonds is 5. The van der Waals surface area contributed by atoms with Gasteiger partial charge < -0.3 is 15.8 Å². The molecule has 0 aliphatic carbocycles. The summed E-state index contributed by atoms with van der Waals surface area (Å²) in [6.45, 7) is 1.78. The molecule has 2 aromatic rings. The second-order valence-corrected chi connectivity index (χ2v) is 5.94. The number of carbonyl (C=O) groups excluding carboxylic acids is 2. The Kier molecular flexibility index (Phi) is 6.06. The summed E-state index contributed by atoms with van der Waals surface area (Å²) in [5, 5.41) is 3.56. The van der Waals surface area contributed by atoms with Gasteiger partial charge in [0.2, 0.25) is 0 Å². The molecule has 5 nitrogen and oxygen atoms in total. The number of ether oxygens (including phenoxy) is 1. The van der Waals surface area contributed by atoms with Crippen molar-refractivity contribution in [1.82, 2.24) is 5.32 Å². The van der Waals surface area contributed by atoms with Crippen LogP contribution in [-0.2, 0) is 16.1 Å². The summed E-state index contributed by atoms with van der Waals surface area (Å²) in [6.07, 6.45) is -0.969. The van der Waals surface area contributed by atoms with Crippen LogP contribution in [0.1, 0.15) is 22.8 Å². The Labute approximate surface area is 149 Å². The molecule has 126 valence electrons. The molecule has 7 heteroatoms. The van der Waals surface area contributed by atoms with Crippen molar-refractivity contribution in [2.75, 3.05) is 5.73 Å². The summed E-state index contributed by atoms with van der Waals surface area (Å²) in [5.41, 5.74) is 6.87. The summed E-state index contributed by atoms with van der Waals surface area (Å²) in [6, 6.07) is 11.7. The van der Waals surface area contributed by atoms with Gasteiger partial charge in [-0.25, -0.2) is 4.79 Å². The predicted octanol–water partition coefficient (Wildman–Crippen LogP) is 3.44. The highest BCUT2D eigenvalue weighted by atomic mass is 35.5. The maximum Gasteiger partial charge on any atom is 0.341 e. The first kappa shape index (κ1) is 18.1. The van der Waals surface area contributed by atoms with Crippen LogP contribution in [-0.4, -0.2) is 18.0 Å². The summed E-state index contributed by atoms with van der Waals surface area (Å²) in [5.74, 6) is -1.12. The Morgan fingerprint density at radius 1 is 1.17 bits per heavy atom. The lowest BCUT2D eigenvalue weighted by molar-refractivity contribution is -0.129. The molecular formula is C17H16Cl2N2O3. The average molecular weight is 367 g/mol. The average Bonchev–Trinajstić information content (AvgIpc) is 2.56. The number of nitrogens with one attached hydrogen (secondary N) is 1. The Balaban J connectivity index is 1.92. The lowest BCUT2D eigenvalue weighted by Gasteiger charge is -2.14. The summed E-state index contributed by atoms with van der Waals surface area (Å²) in [7, 11) is 0. The number of nitrogens with two attached hydrogens (primary N) is 1. The summed E-state index contributed by atoms with van der Waals surface area (Å²) < 4.78 is 5.13. The number of halogens is 2. The second kappa shape index (κ2) is 8.04. The van der Waals surface area contributed by atoms with Crippen molar-refractivity contribution in [3.63, 3.8) is 0 Å². The van der Waals surface area contributed by atoms with Crippen molar-refractivity contribution in [2.24, 2.45) is 0 Å². The number of hydrogen-bond acceptors (Lipinski definition) is 4. The van der Waals surface area contributed by atoms with Gasteiger partial charge in [-0.1, -0.05) is 41.4 Å². The molecule has 24 heavy (non-hydrogen) atoms. The first-order valence-corrected chi connectivity index (χ1v) is 7.91. The minimum Gasteiger partial charge on any atom is -0.449 e. The van der Waals surface area contributed by atoms with Crippen LogP contribution >= 0.6 is 23.2 Å². The number of nitrogen functional groups attached to an aromatic ring is 1. The van der Waals surface area contributed by atoms with Crippen molar-refractivity contribution >= 4 is 40.8 Å². The van der Waals surface area contributed by atoms with E-state index in [1.165, 1.54) is 13.0 Å². The SMILES string of the molecule is CC(OC(=O)c1cccc(Cl)c1N)C(=O)NCc1ccc(Cl)cc1. The molecule has 0 heterocycles. The van der Waals surface area contributed by atoms with Gasteiger partial charge in [-0.05, 0) is 36.8 Å². The number of anilines is 1. The van der Waals surface area contributed by atoms with E-state index in [1.54, 1.807) is 36.4 Å². The maximum absolute atomic E-state index is 12.1. The van der Waals surface area contributed by atoms with Gasteiger partial charge in [0.1, 0.15) is 0 Å². The van der Waals surface area contributed by atoms with Crippen LogP contribution in [0.2, 0.25) is 10.0 Å². The van der Waals surface area contributed by atoms with E-state index in [-0.39, 0.29) is 16.3 Å². The zero-order valence-electron chi connectivity index (χ0n) is 12.9. The van der Waals surface area contributed by atoms with Crippen molar-refractivity contribution in [2.45, 2.75) is 19.6 Å². The third kappa shape index (κ3) is 4.63. The Hall–Kier alpha value is -2.24. The lowest BCUT2D eigenvalue weighted by Crippen LogP contribution is -2.35. The van der Waals surface area contributed by atoms with Crippen LogP contribution in [0.5, 0.6) is 0 Å². The van der Waals surface area contributed by atoms with E-state index in [0.29, 0.717) is 11.6 Å². The van der Waals surface area contributed by atoms with Crippen molar-refractivity contribution in [1.29, 1.82) is 0 Å². The molecule has 0 aliphatic heterocycles. The minimum absolute atomic E-state index is 0.123. The molecule has 0 saturated heterocycles. The standard InChI is InChI=1S/C17H16Cl2N2O3/c1-10(16(22)21-9-11-5-7-12(18)8-6-11)24-17(23)13-3-2-4-14(19)15(13)20/h2-8,10H,9,20H2,1H3,(H,21,22). The Morgan fingerprint density at radius 2 is 1.83 bits per heavy atom. The number of carbonyl (C=O) groups is 2. The summed E-state index contributed by atoms with van der Waals surface area (Å²) >= 11 is 11.7. The van der Waals surface area contributed by atoms with Crippen molar-refractivity contribution < 1.29 is 14.3 Å². The molecule has 0 bridgehead atoms. The number of amides is 1. The van der Waals surface area contributed by atoms with E-state index in [0.717, 1.165) is 5.56 Å². The largest absolute Gasteiger partial charge is 0.449 e. The molecule has 0 spiro atoms. The first-order chi connectivity index (χ1) is 11.4. The van der Waals surface area contributed by atoms with Gasteiger partial charge in [-0.3, -0.25) is 4.79 Å². The number of para-hydroxylation sites is 1. The monoisotopic (exact) mass is 366 g/mol. The zero-order chi connectivity index (χ0) is 17.7. The quantitative estimate of drug-likeness (QED) is 0.627. The highest BCUT2D eigenvalue weighted by Gasteiger charge is 2.20. The highest BCUT2D eigenvalue weighted by Crippen LogP contribution is 2.23. The van der Waals surface area contributed by atoms with Gasteiger partial charge in [0.25, 0.3) is 5.91 Å². The lowest BCUT2D eigenvalue weighted by atomic mass is 10.2. The number of benzene rings is 2. The molecule has 0 saturated carbocycles. The van der Waals surface area contributed by atoms with E-state index in [9.17, 15) is 9.59 Å². The fourth-order valence-corrected chi connectivity index (χ4v) is 2.23. The van der Waals surface area contributed by atoms with Gasteiger partial charge in [0.05, 0.1) is 16.3 Å². The Morgan fingerprint density at radius 3 is 2.50 bits per heavy atom. The topological polar surface area (TPSA) is 81.4 Å². The third-order valence-corrected chi connectivity index (χ3v) is 3.89. The van der Waals surface area contributed by atoms with Gasteiger partial charge in [-0.15, -0.1) is 0 Å². The normalized spacial score (nSPS) is 11.6. The van der Waals surface area contributed by atoms with Crippen LogP contribution in [0.3, 0.4) is 0 Å². The van der Waals surface area contributed by atoms with Crippen LogP contribution in [0, 0.1) is 0 Å². The van der Waals surface area contributed by atoms with Gasteiger partial charge in [-0.2, -0.15) is 0 Å². The molecule has 1 unspecified atom stereocenters. The number of esters is 1. The Bertz CT molecular complexity index is 748. The van der Waals surface area contributed by atoms with Gasteiger partial charge >= 0.3 is 5.97 Å². The van der Waals surface area contributed by atoms with Crippen LogP contribution in [0.15, 0.2) is 42.5 Å². The highest BCUT2D eigenvalue weighted by molar-refractivity contribution is 6.33. The van der Waals surface area contributed by atoms with Gasteiger partial charge in [0.15, 0.2) is 6.10 Å². The molecule has 0 radical (unpaired) electrons. The zero-order valence-corrected chi connectivity index (χ0v) is 14.4. The summed E-state index contributed by atoms with van der Waals surface area (Å²) in [4.78, 5) is 24.1. The van der Waals surface area contributed by atoms with Crippen LogP contribution in [0.25, 0.3) is 0 Å². The van der Waals surface area contributed by atoms with E-state index < -0.39 is 18.0 Å². The van der Waals surface area contributed by atoms with E-state index in [2.05, 4.69) is 5.32 Å². The van der Waals surface area contributed by atoms with E-state index in [1.807, 2.05) is 0 Å². The van der Waals surface area contributed by atoms with Crippen molar-refractivity contribution in [3.05, 3.63) is 63.6 Å². The predicted molar refractivity (Wildman–Crippen MR) is 94.0 cm³/mol. The first-order valence-electron chi connectivity index (χ1n) is 7.15. The maximum atomic E-state index is 12.1. The fraction of sp³-hybridized carbons (Fsp3) is 0.176.